The quantitative estimate of drug-likeness (QED) is 0.0665. The molecule has 0 fully saturated rings. The van der Waals surface area contributed by atoms with E-state index in [0.717, 1.165) is 44.4 Å². The Morgan fingerprint density at radius 2 is 0.925 bits per heavy atom. The molecule has 0 radical (unpaired) electrons. The van der Waals surface area contributed by atoms with Crippen LogP contribution in [0.2, 0.25) is 0 Å². The van der Waals surface area contributed by atoms with Crippen LogP contribution in [0.25, 0.3) is 0 Å². The van der Waals surface area contributed by atoms with Crippen molar-refractivity contribution in [1.82, 2.24) is 0 Å². The molecule has 1 N–H and O–H groups in total. The summed E-state index contributed by atoms with van der Waals surface area (Å²) >= 11 is 0. The molecule has 0 saturated carbocycles. The molecule has 0 spiro atoms. The third-order valence-electron chi connectivity index (χ3n) is 7.83. The lowest BCUT2D eigenvalue weighted by molar-refractivity contribution is -0.161. The van der Waals surface area contributed by atoms with E-state index in [9.17, 15) is 14.7 Å². The van der Waals surface area contributed by atoms with Gasteiger partial charge in [0.2, 0.25) is 0 Å². The van der Waals surface area contributed by atoms with Gasteiger partial charge in [-0.2, -0.15) is 0 Å². The molecule has 0 bridgehead atoms. The maximum atomic E-state index is 12.1. The summed E-state index contributed by atoms with van der Waals surface area (Å²) in [5.41, 5.74) is 0. The Labute approximate surface area is 248 Å². The average molecular weight is 569 g/mol. The number of aliphatic hydroxyl groups is 1. The zero-order valence-electron chi connectivity index (χ0n) is 27.0. The van der Waals surface area contributed by atoms with E-state index < -0.39 is 6.10 Å². The van der Waals surface area contributed by atoms with Gasteiger partial charge in [0.1, 0.15) is 6.61 Å². The predicted molar refractivity (Wildman–Crippen MR) is 168 cm³/mol. The fourth-order valence-electron chi connectivity index (χ4n) is 5.15. The van der Waals surface area contributed by atoms with E-state index in [2.05, 4.69) is 20.8 Å². The second kappa shape index (κ2) is 30.8. The molecule has 5 heteroatoms. The standard InChI is InChI=1S/C35H68O5/c1-4-5-6-7-18-22-25-28-34(37)39-31-33(30-36)40-35(38)29-26-23-20-17-15-13-11-9-8-10-12-14-16-19-21-24-27-32(2)3/h32-33,36H,4-31H2,1-3H3/t33-/m0/s1. The van der Waals surface area contributed by atoms with E-state index in [1.807, 2.05) is 0 Å². The van der Waals surface area contributed by atoms with E-state index >= 15 is 0 Å². The molecule has 0 rings (SSSR count). The van der Waals surface area contributed by atoms with Gasteiger partial charge in [0, 0.05) is 12.8 Å². The van der Waals surface area contributed by atoms with Gasteiger partial charge in [-0.1, -0.05) is 162 Å². The molecular weight excluding hydrogens is 500 g/mol. The maximum Gasteiger partial charge on any atom is 0.306 e. The maximum absolute atomic E-state index is 12.1. The number of carbonyl (C=O) groups excluding carboxylic acids is 2. The molecule has 0 aliphatic heterocycles. The minimum Gasteiger partial charge on any atom is -0.462 e. The van der Waals surface area contributed by atoms with E-state index in [4.69, 9.17) is 9.47 Å². The largest absolute Gasteiger partial charge is 0.462 e. The van der Waals surface area contributed by atoms with Gasteiger partial charge in [-0.25, -0.2) is 0 Å². The van der Waals surface area contributed by atoms with Crippen molar-refractivity contribution in [3.8, 4) is 0 Å². The highest BCUT2D eigenvalue weighted by Crippen LogP contribution is 2.15. The number of hydrogen-bond donors (Lipinski definition) is 1. The number of rotatable bonds is 31. The first-order valence-corrected chi connectivity index (χ1v) is 17.5. The number of unbranched alkanes of at least 4 members (excludes halogenated alkanes) is 21. The first-order valence-electron chi connectivity index (χ1n) is 17.5. The van der Waals surface area contributed by atoms with Gasteiger partial charge in [0.05, 0.1) is 6.61 Å². The average Bonchev–Trinajstić information content (AvgIpc) is 2.93. The van der Waals surface area contributed by atoms with Crippen LogP contribution >= 0.6 is 0 Å². The van der Waals surface area contributed by atoms with Crippen LogP contribution in [0.1, 0.15) is 188 Å². The molecule has 0 aromatic rings. The third kappa shape index (κ3) is 29.9. The van der Waals surface area contributed by atoms with Crippen molar-refractivity contribution in [3.05, 3.63) is 0 Å². The molecule has 5 nitrogen and oxygen atoms in total. The minimum absolute atomic E-state index is 0.0594. The van der Waals surface area contributed by atoms with Gasteiger partial charge in [0.25, 0.3) is 0 Å². The summed E-state index contributed by atoms with van der Waals surface area (Å²) in [7, 11) is 0. The summed E-state index contributed by atoms with van der Waals surface area (Å²) in [6.07, 6.45) is 30.3. The van der Waals surface area contributed by atoms with Gasteiger partial charge in [-0.15, -0.1) is 0 Å². The van der Waals surface area contributed by atoms with Crippen molar-refractivity contribution < 1.29 is 24.2 Å². The molecule has 0 aromatic heterocycles. The lowest BCUT2D eigenvalue weighted by atomic mass is 10.0. The molecule has 0 unspecified atom stereocenters. The number of hydrogen-bond acceptors (Lipinski definition) is 5. The molecule has 0 aliphatic carbocycles. The number of esters is 2. The monoisotopic (exact) mass is 569 g/mol. The first kappa shape index (κ1) is 38.9. The molecule has 0 amide bonds. The molecular formula is C35H68O5. The van der Waals surface area contributed by atoms with Crippen molar-refractivity contribution in [2.75, 3.05) is 13.2 Å². The predicted octanol–water partition coefficient (Wildman–Crippen LogP) is 10.3. The smallest absolute Gasteiger partial charge is 0.306 e. The number of carbonyl (C=O) groups is 2. The zero-order valence-corrected chi connectivity index (χ0v) is 27.0. The molecule has 40 heavy (non-hydrogen) atoms. The Morgan fingerprint density at radius 1 is 0.550 bits per heavy atom. The van der Waals surface area contributed by atoms with Gasteiger partial charge in [0.15, 0.2) is 6.10 Å². The summed E-state index contributed by atoms with van der Waals surface area (Å²) in [6, 6.07) is 0. The lowest BCUT2D eigenvalue weighted by Crippen LogP contribution is -2.28. The Hall–Kier alpha value is -1.10. The Bertz CT molecular complexity index is 548. The number of aliphatic hydroxyl groups excluding tert-OH is 1. The van der Waals surface area contributed by atoms with Crippen molar-refractivity contribution in [2.45, 2.75) is 194 Å². The van der Waals surface area contributed by atoms with E-state index in [-0.39, 0.29) is 25.2 Å². The van der Waals surface area contributed by atoms with Gasteiger partial charge < -0.3 is 14.6 Å². The van der Waals surface area contributed by atoms with Crippen LogP contribution in [0.5, 0.6) is 0 Å². The highest BCUT2D eigenvalue weighted by atomic mass is 16.6. The molecule has 0 saturated heterocycles. The summed E-state index contributed by atoms with van der Waals surface area (Å²) in [6.45, 7) is 6.46. The fourth-order valence-corrected chi connectivity index (χ4v) is 5.15. The van der Waals surface area contributed by atoms with Crippen LogP contribution in [-0.4, -0.2) is 36.4 Å². The molecule has 238 valence electrons. The van der Waals surface area contributed by atoms with Gasteiger partial charge in [-0.05, 0) is 18.8 Å². The third-order valence-corrected chi connectivity index (χ3v) is 7.83. The Kier molecular flexibility index (Phi) is 30.0. The van der Waals surface area contributed by atoms with Gasteiger partial charge >= 0.3 is 11.9 Å². The van der Waals surface area contributed by atoms with E-state index in [0.29, 0.717) is 12.8 Å². The molecule has 1 atom stereocenters. The highest BCUT2D eigenvalue weighted by molar-refractivity contribution is 5.70. The van der Waals surface area contributed by atoms with Crippen LogP contribution in [0, 0.1) is 5.92 Å². The molecule has 0 aliphatic rings. The topological polar surface area (TPSA) is 72.8 Å². The number of ether oxygens (including phenoxy) is 2. The van der Waals surface area contributed by atoms with Crippen LogP contribution in [0.4, 0.5) is 0 Å². The van der Waals surface area contributed by atoms with Crippen molar-refractivity contribution >= 4 is 11.9 Å². The highest BCUT2D eigenvalue weighted by Gasteiger charge is 2.16. The first-order chi connectivity index (χ1) is 19.5. The molecule has 0 aromatic carbocycles. The van der Waals surface area contributed by atoms with Gasteiger partial charge in [-0.3, -0.25) is 9.59 Å². The van der Waals surface area contributed by atoms with Crippen molar-refractivity contribution in [1.29, 1.82) is 0 Å². The molecule has 0 heterocycles. The Balaban J connectivity index is 3.47. The summed E-state index contributed by atoms with van der Waals surface area (Å²) < 4.78 is 10.5. The second-order valence-corrected chi connectivity index (χ2v) is 12.4. The zero-order chi connectivity index (χ0) is 29.5. The lowest BCUT2D eigenvalue weighted by Gasteiger charge is -2.15. The second-order valence-electron chi connectivity index (χ2n) is 12.4. The summed E-state index contributed by atoms with van der Waals surface area (Å²) in [5, 5.41) is 9.47. The van der Waals surface area contributed by atoms with E-state index in [1.165, 1.54) is 116 Å². The van der Waals surface area contributed by atoms with Crippen molar-refractivity contribution in [3.63, 3.8) is 0 Å². The normalized spacial score (nSPS) is 12.1. The summed E-state index contributed by atoms with van der Waals surface area (Å²) in [5.74, 6) is 0.271. The Morgan fingerprint density at radius 3 is 1.32 bits per heavy atom. The fraction of sp³-hybridized carbons (Fsp3) is 0.943. The van der Waals surface area contributed by atoms with Crippen LogP contribution in [-0.2, 0) is 19.1 Å². The summed E-state index contributed by atoms with van der Waals surface area (Å²) in [4.78, 5) is 24.0. The van der Waals surface area contributed by atoms with Crippen LogP contribution < -0.4 is 0 Å². The van der Waals surface area contributed by atoms with Crippen LogP contribution in [0.3, 0.4) is 0 Å². The SMILES string of the molecule is CCCCCCCCCC(=O)OC[C@H](CO)OC(=O)CCCCCCCCCCCCCCCCCCC(C)C. The minimum atomic E-state index is -0.759. The van der Waals surface area contributed by atoms with Crippen LogP contribution in [0.15, 0.2) is 0 Å². The van der Waals surface area contributed by atoms with Crippen molar-refractivity contribution in [2.24, 2.45) is 5.92 Å². The van der Waals surface area contributed by atoms with E-state index in [1.54, 1.807) is 0 Å².